The first-order valence-corrected chi connectivity index (χ1v) is 0. The van der Waals surface area contributed by atoms with Gasteiger partial charge in [-0.05, 0) is 0 Å². The average molecular weight is 236 g/mol. The van der Waals surface area contributed by atoms with Crippen molar-refractivity contribution in [2.24, 2.45) is 0 Å². The van der Waals surface area contributed by atoms with Gasteiger partial charge in [-0.15, -0.1) is 0 Å². The molecule has 0 amide bonds. The molecule has 0 aromatic heterocycles. The topological polar surface area (TPSA) is 28.5 Å². The Hall–Kier alpha value is 1.74. The van der Waals surface area contributed by atoms with E-state index in [4.69, 9.17) is 0 Å². The fourth-order valence-electron chi connectivity index (χ4n) is 0. The molecule has 0 saturated heterocycles. The van der Waals surface area contributed by atoms with Gasteiger partial charge in [0.1, 0.15) is 0 Å². The molecule has 0 saturated carbocycles. The largest absolute Gasteiger partial charge is 2.00 e. The Morgan fingerprint density at radius 1 is 0.750 bits per heavy atom. The van der Waals surface area contributed by atoms with Gasteiger partial charge in [0.05, 0.1) is 0 Å². The van der Waals surface area contributed by atoms with Crippen LogP contribution in [0.5, 0.6) is 0 Å². The van der Waals surface area contributed by atoms with Crippen LogP contribution in [0.3, 0.4) is 0 Å². The molecule has 0 radical (unpaired) electrons. The summed E-state index contributed by atoms with van der Waals surface area (Å²) in [6, 6.07) is 0. The molecule has 0 aromatic carbocycles. The molecule has 0 rings (SSSR count). The van der Waals surface area contributed by atoms with E-state index in [1.807, 2.05) is 0 Å². The second-order valence-electron chi connectivity index (χ2n) is 0. The van der Waals surface area contributed by atoms with Gasteiger partial charge in [0.2, 0.25) is 0 Å². The predicted molar refractivity (Wildman–Crippen MR) is 0.686 cm³/mol. The molecule has 0 aliphatic heterocycles. The van der Waals surface area contributed by atoms with Crippen LogP contribution >= 0.6 is 0 Å². The molecule has 1 nitrogen and oxygen atoms in total. The van der Waals surface area contributed by atoms with Crippen molar-refractivity contribution in [1.29, 1.82) is 0 Å². The summed E-state index contributed by atoms with van der Waals surface area (Å²) in [7, 11) is 0. The summed E-state index contributed by atoms with van der Waals surface area (Å²) in [4.78, 5) is 0. The summed E-state index contributed by atoms with van der Waals surface area (Å²) < 4.78 is 0. The smallest absolute Gasteiger partial charge is 2.00 e. The van der Waals surface area contributed by atoms with Gasteiger partial charge in [-0.3, -0.25) is 0 Å². The van der Waals surface area contributed by atoms with Gasteiger partial charge in [0, 0.05) is 0 Å². The fraction of sp³-hybridized carbons (Fsp3) is 0. The standard InChI is InChI=1S/Ag.2Fe.O/q+1;2*+2;-2. The van der Waals surface area contributed by atoms with Crippen LogP contribution in [0.15, 0.2) is 0 Å². The zero-order chi connectivity index (χ0) is 0. The van der Waals surface area contributed by atoms with Crippen molar-refractivity contribution in [3.05, 3.63) is 0 Å². The quantitative estimate of drug-likeness (QED) is 0.524. The monoisotopic (exact) mass is 235 g/mol. The summed E-state index contributed by atoms with van der Waals surface area (Å²) in [6.07, 6.45) is 0. The molecule has 0 bridgehead atoms. The van der Waals surface area contributed by atoms with E-state index in [-0.39, 0.29) is 62.0 Å². The van der Waals surface area contributed by atoms with Crippen molar-refractivity contribution in [2.45, 2.75) is 0 Å². The van der Waals surface area contributed by atoms with E-state index < -0.39 is 0 Å². The minimum Gasteiger partial charge on any atom is -2.00 e. The molecule has 4 heteroatoms. The van der Waals surface area contributed by atoms with Crippen molar-refractivity contribution in [2.75, 3.05) is 0 Å². The van der Waals surface area contributed by atoms with E-state index in [0.717, 1.165) is 0 Å². The molecule has 4 heavy (non-hydrogen) atoms. The second kappa shape index (κ2) is 21.9. The first-order chi connectivity index (χ1) is 0. The number of hydrogen-bond acceptors (Lipinski definition) is 0. The predicted octanol–water partition coefficient (Wildman–Crippen LogP) is -0.126. The summed E-state index contributed by atoms with van der Waals surface area (Å²) in [5, 5.41) is 0. The Bertz CT molecular complexity index is 6.00. The summed E-state index contributed by atoms with van der Waals surface area (Å²) in [6.45, 7) is 0. The second-order valence-corrected chi connectivity index (χ2v) is 0. The van der Waals surface area contributed by atoms with E-state index in [0.29, 0.717) is 0 Å². The van der Waals surface area contributed by atoms with Gasteiger partial charge in [-0.2, -0.15) is 0 Å². The van der Waals surface area contributed by atoms with Crippen LogP contribution in [0.4, 0.5) is 0 Å². The third-order valence-corrected chi connectivity index (χ3v) is 0. The fourth-order valence-corrected chi connectivity index (χ4v) is 0. The first kappa shape index (κ1) is 42.6. The maximum atomic E-state index is 0. The van der Waals surface area contributed by atoms with Gasteiger partial charge >= 0.3 is 56.5 Å². The molecule has 0 N–H and O–H groups in total. The molecule has 0 spiro atoms. The van der Waals surface area contributed by atoms with Crippen LogP contribution in [0, 0.1) is 0 Å². The van der Waals surface area contributed by atoms with E-state index in [9.17, 15) is 0 Å². The first-order valence-electron chi connectivity index (χ1n) is 0. The number of hydrogen-bond donors (Lipinski definition) is 0. The van der Waals surface area contributed by atoms with Gasteiger partial charge in [-0.1, -0.05) is 0 Å². The third kappa shape index (κ3) is 9.28. The maximum Gasteiger partial charge on any atom is 2.00 e. The summed E-state index contributed by atoms with van der Waals surface area (Å²) in [5.74, 6) is 0. The summed E-state index contributed by atoms with van der Waals surface area (Å²) >= 11 is 0. The van der Waals surface area contributed by atoms with E-state index in [1.165, 1.54) is 0 Å². The van der Waals surface area contributed by atoms with Crippen molar-refractivity contribution in [3.8, 4) is 0 Å². The van der Waals surface area contributed by atoms with Gasteiger partial charge in [0.25, 0.3) is 0 Å². The van der Waals surface area contributed by atoms with Crippen LogP contribution < -0.4 is 0 Å². The minimum atomic E-state index is 0. The Morgan fingerprint density at radius 3 is 0.750 bits per heavy atom. The third-order valence-electron chi connectivity index (χ3n) is 0. The van der Waals surface area contributed by atoms with Crippen LogP contribution in [0.1, 0.15) is 0 Å². The van der Waals surface area contributed by atoms with Crippen molar-refractivity contribution in [3.63, 3.8) is 0 Å². The van der Waals surface area contributed by atoms with Crippen LogP contribution in [-0.2, 0) is 62.0 Å². The van der Waals surface area contributed by atoms with Crippen molar-refractivity contribution in [1.82, 2.24) is 0 Å². The molecule has 0 aromatic rings. The minimum absolute atomic E-state index is 0. The van der Waals surface area contributed by atoms with Gasteiger partial charge in [-0.25, -0.2) is 0 Å². The molecule has 0 fully saturated rings. The molecule has 0 aliphatic carbocycles. The molecule has 0 heterocycles. The Balaban J connectivity index is 0. The Morgan fingerprint density at radius 2 is 0.750 bits per heavy atom. The maximum absolute atomic E-state index is 0. The van der Waals surface area contributed by atoms with E-state index in [1.54, 1.807) is 0 Å². The van der Waals surface area contributed by atoms with Crippen molar-refractivity contribution < 1.29 is 62.0 Å². The molecular formula is AgFe2O+3. The summed E-state index contributed by atoms with van der Waals surface area (Å²) in [5.41, 5.74) is 0. The Labute approximate surface area is 61.7 Å². The Kier molecular flexibility index (Phi) is 233. The molecular weight excluding hydrogens is 236 g/mol. The SMILES string of the molecule is [Ag+].[Fe+2].[Fe+2].[O-2]. The van der Waals surface area contributed by atoms with Gasteiger partial charge < -0.3 is 5.48 Å². The molecule has 0 atom stereocenters. The molecule has 30 valence electrons. The van der Waals surface area contributed by atoms with Crippen molar-refractivity contribution >= 4 is 0 Å². The van der Waals surface area contributed by atoms with E-state index >= 15 is 0 Å². The van der Waals surface area contributed by atoms with Crippen LogP contribution in [-0.4, -0.2) is 0 Å². The zero-order valence-corrected chi connectivity index (χ0v) is 5.11. The zero-order valence-electron chi connectivity index (χ0n) is 1.42. The number of rotatable bonds is 0. The van der Waals surface area contributed by atoms with Gasteiger partial charge in [0.15, 0.2) is 0 Å². The molecule has 0 aliphatic rings. The normalized spacial score (nSPS) is 0. The average Bonchev–Trinajstić information content (AvgIpc) is 0. The van der Waals surface area contributed by atoms with E-state index in [2.05, 4.69) is 0 Å². The van der Waals surface area contributed by atoms with Crippen LogP contribution in [0.25, 0.3) is 0 Å². The molecule has 0 unspecified atom stereocenters. The van der Waals surface area contributed by atoms with Crippen LogP contribution in [0.2, 0.25) is 0 Å².